The van der Waals surface area contributed by atoms with Gasteiger partial charge in [0.25, 0.3) is 0 Å². The van der Waals surface area contributed by atoms with Crippen LogP contribution in [0.5, 0.6) is 0 Å². The predicted molar refractivity (Wildman–Crippen MR) is 122 cm³/mol. The first kappa shape index (κ1) is 21.0. The van der Waals surface area contributed by atoms with Crippen LogP contribution in [-0.4, -0.2) is 28.0 Å². The molecule has 2 heterocycles. The molecular weight excluding hydrogens is 404 g/mol. The first-order valence-corrected chi connectivity index (χ1v) is 10.5. The van der Waals surface area contributed by atoms with E-state index in [-0.39, 0.29) is 5.97 Å². The van der Waals surface area contributed by atoms with Gasteiger partial charge in [0.2, 0.25) is 0 Å². The number of thiocarbonyl (C=S) groups is 1. The third kappa shape index (κ3) is 5.02. The molecule has 3 aromatic rings. The lowest BCUT2D eigenvalue weighted by Crippen LogP contribution is -2.20. The molecule has 3 rings (SSSR count). The SMILES string of the molecule is CCc1c(C)sc(NC(=S)Nc2ccn(Cc3ccc(C)cc3)n2)c1C(=O)OC. The molecule has 152 valence electrons. The van der Waals surface area contributed by atoms with Gasteiger partial charge in [-0.3, -0.25) is 4.68 Å². The molecule has 0 unspecified atom stereocenters. The Morgan fingerprint density at radius 2 is 1.93 bits per heavy atom. The molecule has 0 aliphatic rings. The average Bonchev–Trinajstić information content (AvgIpc) is 3.25. The number of thiophene rings is 1. The van der Waals surface area contributed by atoms with Gasteiger partial charge in [-0.15, -0.1) is 11.3 Å². The molecule has 6 nitrogen and oxygen atoms in total. The minimum absolute atomic E-state index is 0.362. The highest BCUT2D eigenvalue weighted by atomic mass is 32.1. The van der Waals surface area contributed by atoms with E-state index < -0.39 is 0 Å². The zero-order chi connectivity index (χ0) is 21.0. The highest BCUT2D eigenvalue weighted by Crippen LogP contribution is 2.34. The van der Waals surface area contributed by atoms with Crippen LogP contribution in [0.25, 0.3) is 0 Å². The lowest BCUT2D eigenvalue weighted by Gasteiger charge is -2.09. The minimum atomic E-state index is -0.362. The second-order valence-corrected chi connectivity index (χ2v) is 8.28. The van der Waals surface area contributed by atoms with Crippen LogP contribution < -0.4 is 10.6 Å². The lowest BCUT2D eigenvalue weighted by atomic mass is 10.1. The summed E-state index contributed by atoms with van der Waals surface area (Å²) in [6.45, 7) is 6.75. The quantitative estimate of drug-likeness (QED) is 0.436. The van der Waals surface area contributed by atoms with E-state index in [1.807, 2.05) is 30.8 Å². The summed E-state index contributed by atoms with van der Waals surface area (Å²) in [5.41, 5.74) is 3.94. The van der Waals surface area contributed by atoms with E-state index >= 15 is 0 Å². The Morgan fingerprint density at radius 1 is 1.21 bits per heavy atom. The van der Waals surface area contributed by atoms with Crippen LogP contribution in [0, 0.1) is 13.8 Å². The second-order valence-electron chi connectivity index (χ2n) is 6.65. The maximum absolute atomic E-state index is 12.2. The maximum atomic E-state index is 12.2. The van der Waals surface area contributed by atoms with Crippen molar-refractivity contribution in [1.29, 1.82) is 0 Å². The lowest BCUT2D eigenvalue weighted by molar-refractivity contribution is 0.0601. The number of carbonyl (C=O) groups is 1. The summed E-state index contributed by atoms with van der Waals surface area (Å²) in [6, 6.07) is 10.2. The van der Waals surface area contributed by atoms with Crippen molar-refractivity contribution in [2.75, 3.05) is 17.7 Å². The van der Waals surface area contributed by atoms with Crippen molar-refractivity contribution in [1.82, 2.24) is 9.78 Å². The van der Waals surface area contributed by atoms with E-state index in [9.17, 15) is 4.79 Å². The third-order valence-corrected chi connectivity index (χ3v) is 5.79. The van der Waals surface area contributed by atoms with Gasteiger partial charge < -0.3 is 15.4 Å². The molecule has 2 N–H and O–H groups in total. The summed E-state index contributed by atoms with van der Waals surface area (Å²) in [7, 11) is 1.38. The smallest absolute Gasteiger partial charge is 0.341 e. The molecule has 0 saturated heterocycles. The van der Waals surface area contributed by atoms with Crippen molar-refractivity contribution >= 4 is 45.5 Å². The Kier molecular flexibility index (Phi) is 6.66. The molecule has 0 bridgehead atoms. The van der Waals surface area contributed by atoms with Crippen molar-refractivity contribution in [2.24, 2.45) is 0 Å². The van der Waals surface area contributed by atoms with Gasteiger partial charge in [0.05, 0.1) is 19.2 Å². The molecule has 2 aromatic heterocycles. The van der Waals surface area contributed by atoms with Gasteiger partial charge in [0.15, 0.2) is 10.9 Å². The Labute approximate surface area is 179 Å². The van der Waals surface area contributed by atoms with Crippen molar-refractivity contribution in [3.05, 3.63) is 63.7 Å². The van der Waals surface area contributed by atoms with Crippen molar-refractivity contribution in [3.8, 4) is 0 Å². The first-order valence-electron chi connectivity index (χ1n) is 9.28. The zero-order valence-electron chi connectivity index (χ0n) is 16.9. The molecule has 1 aromatic carbocycles. The molecule has 8 heteroatoms. The summed E-state index contributed by atoms with van der Waals surface area (Å²) in [5, 5.41) is 11.8. The van der Waals surface area contributed by atoms with Crippen molar-refractivity contribution < 1.29 is 9.53 Å². The summed E-state index contributed by atoms with van der Waals surface area (Å²) in [5.74, 6) is 0.275. The summed E-state index contributed by atoms with van der Waals surface area (Å²) in [4.78, 5) is 13.3. The van der Waals surface area contributed by atoms with Crippen LogP contribution in [0.2, 0.25) is 0 Å². The number of esters is 1. The number of rotatable bonds is 6. The number of anilines is 2. The summed E-state index contributed by atoms with van der Waals surface area (Å²) in [6.07, 6.45) is 2.65. The summed E-state index contributed by atoms with van der Waals surface area (Å²) < 4.78 is 6.80. The Bertz CT molecular complexity index is 1020. The van der Waals surface area contributed by atoms with Gasteiger partial charge in [0.1, 0.15) is 5.00 Å². The molecule has 0 saturated carbocycles. The fourth-order valence-electron chi connectivity index (χ4n) is 3.06. The molecule has 0 amide bonds. The van der Waals surface area contributed by atoms with Crippen LogP contribution in [0.3, 0.4) is 0 Å². The fourth-order valence-corrected chi connectivity index (χ4v) is 4.47. The standard InChI is InChI=1S/C21H24N4O2S2/c1-5-16-14(3)29-19(18(16)20(26)27-4)23-21(28)22-17-10-11-25(24-17)12-15-8-6-13(2)7-9-15/h6-11H,5,12H2,1-4H3,(H2,22,23,24,28). The highest BCUT2D eigenvalue weighted by Gasteiger charge is 2.22. The Morgan fingerprint density at radius 3 is 2.59 bits per heavy atom. The molecule has 29 heavy (non-hydrogen) atoms. The van der Waals surface area contributed by atoms with Crippen LogP contribution >= 0.6 is 23.6 Å². The van der Waals surface area contributed by atoms with Gasteiger partial charge >= 0.3 is 5.97 Å². The van der Waals surface area contributed by atoms with Crippen LogP contribution in [0.4, 0.5) is 10.8 Å². The van der Waals surface area contributed by atoms with Gasteiger partial charge in [-0.1, -0.05) is 36.8 Å². The fraction of sp³-hybridized carbons (Fsp3) is 0.286. The number of benzene rings is 1. The number of methoxy groups -OCH3 is 1. The van der Waals surface area contributed by atoms with E-state index in [1.54, 1.807) is 0 Å². The van der Waals surface area contributed by atoms with Gasteiger partial charge in [0, 0.05) is 17.1 Å². The monoisotopic (exact) mass is 428 g/mol. The van der Waals surface area contributed by atoms with Crippen LogP contribution in [0.1, 0.15) is 38.8 Å². The number of hydrogen-bond acceptors (Lipinski definition) is 5. The minimum Gasteiger partial charge on any atom is -0.465 e. The number of ether oxygens (including phenoxy) is 1. The topological polar surface area (TPSA) is 68.2 Å². The average molecular weight is 429 g/mol. The number of hydrogen-bond donors (Lipinski definition) is 2. The van der Waals surface area contributed by atoms with Gasteiger partial charge in [-0.05, 0) is 43.6 Å². The summed E-state index contributed by atoms with van der Waals surface area (Å²) >= 11 is 6.92. The molecule has 0 radical (unpaired) electrons. The Hall–Kier alpha value is -2.71. The van der Waals surface area contributed by atoms with Gasteiger partial charge in [-0.2, -0.15) is 5.10 Å². The normalized spacial score (nSPS) is 10.6. The predicted octanol–water partition coefficient (Wildman–Crippen LogP) is 4.77. The van der Waals surface area contributed by atoms with Crippen molar-refractivity contribution in [2.45, 2.75) is 33.7 Å². The number of nitrogens with zero attached hydrogens (tertiary/aromatic N) is 2. The highest BCUT2D eigenvalue weighted by molar-refractivity contribution is 7.80. The van der Waals surface area contributed by atoms with Gasteiger partial charge in [-0.25, -0.2) is 4.79 Å². The maximum Gasteiger partial charge on any atom is 0.341 e. The number of aryl methyl sites for hydroxylation is 2. The molecule has 0 aliphatic carbocycles. The van der Waals surface area contributed by atoms with E-state index in [0.29, 0.717) is 28.0 Å². The number of nitrogens with one attached hydrogen (secondary N) is 2. The largest absolute Gasteiger partial charge is 0.465 e. The van der Waals surface area contributed by atoms with E-state index in [0.717, 1.165) is 16.9 Å². The second kappa shape index (κ2) is 9.19. The first-order chi connectivity index (χ1) is 13.9. The van der Waals surface area contributed by atoms with E-state index in [2.05, 4.69) is 46.9 Å². The zero-order valence-corrected chi connectivity index (χ0v) is 18.5. The Balaban J connectivity index is 1.68. The van der Waals surface area contributed by atoms with Crippen LogP contribution in [-0.2, 0) is 17.7 Å². The van der Waals surface area contributed by atoms with Crippen molar-refractivity contribution in [3.63, 3.8) is 0 Å². The molecule has 0 aliphatic heterocycles. The molecule has 0 fully saturated rings. The number of carbonyl (C=O) groups excluding carboxylic acids is 1. The van der Waals surface area contributed by atoms with E-state index in [1.165, 1.54) is 29.6 Å². The molecular formula is C21H24N4O2S2. The van der Waals surface area contributed by atoms with E-state index in [4.69, 9.17) is 17.0 Å². The number of aromatic nitrogens is 2. The molecule has 0 spiro atoms. The van der Waals surface area contributed by atoms with Crippen LogP contribution in [0.15, 0.2) is 36.5 Å². The third-order valence-electron chi connectivity index (χ3n) is 4.53. The molecule has 0 atom stereocenters.